The van der Waals surface area contributed by atoms with Crippen LogP contribution in [0.2, 0.25) is 0 Å². The first-order valence-electron chi connectivity index (χ1n) is 13.3. The fourth-order valence-electron chi connectivity index (χ4n) is 5.41. The van der Waals surface area contributed by atoms with E-state index >= 15 is 0 Å². The molecule has 0 spiro atoms. The van der Waals surface area contributed by atoms with Gasteiger partial charge in [-0.3, -0.25) is 24.6 Å². The van der Waals surface area contributed by atoms with Crippen molar-refractivity contribution in [2.75, 3.05) is 31.1 Å². The van der Waals surface area contributed by atoms with Crippen molar-refractivity contribution in [3.63, 3.8) is 0 Å². The third kappa shape index (κ3) is 5.33. The first-order valence-corrected chi connectivity index (χ1v) is 13.3. The lowest BCUT2D eigenvalue weighted by molar-refractivity contribution is -0.136. The summed E-state index contributed by atoms with van der Waals surface area (Å²) in [4.78, 5) is 51.8. The molecule has 2 saturated heterocycles. The molecule has 1 N–H and O–H groups in total. The Kier molecular flexibility index (Phi) is 6.93. The Labute approximate surface area is 228 Å². The van der Waals surface area contributed by atoms with E-state index < -0.39 is 11.9 Å². The number of carbonyl (C=O) groups is 3. The highest BCUT2D eigenvalue weighted by Crippen LogP contribution is 2.34. The van der Waals surface area contributed by atoms with Crippen molar-refractivity contribution in [3.8, 4) is 5.75 Å². The van der Waals surface area contributed by atoms with Crippen LogP contribution in [-0.4, -0.2) is 69.7 Å². The van der Waals surface area contributed by atoms with E-state index in [1.807, 2.05) is 12.1 Å². The van der Waals surface area contributed by atoms with Crippen molar-refractivity contribution in [3.05, 3.63) is 83.2 Å². The van der Waals surface area contributed by atoms with Crippen LogP contribution < -0.4 is 15.0 Å². The predicted molar refractivity (Wildman–Crippen MR) is 145 cm³/mol. The van der Waals surface area contributed by atoms with Crippen LogP contribution in [0.5, 0.6) is 5.75 Å². The van der Waals surface area contributed by atoms with E-state index in [1.165, 1.54) is 5.56 Å². The van der Waals surface area contributed by atoms with Gasteiger partial charge in [0.15, 0.2) is 0 Å². The molecule has 10 nitrogen and oxygen atoms in total. The van der Waals surface area contributed by atoms with Crippen molar-refractivity contribution >= 4 is 23.7 Å². The quantitative estimate of drug-likeness (QED) is 0.466. The van der Waals surface area contributed by atoms with Gasteiger partial charge in [0, 0.05) is 64.1 Å². The van der Waals surface area contributed by atoms with Gasteiger partial charge >= 0.3 is 0 Å². The minimum Gasteiger partial charge on any atom is -0.489 e. The summed E-state index contributed by atoms with van der Waals surface area (Å²) in [6.45, 7) is 5.27. The van der Waals surface area contributed by atoms with Crippen molar-refractivity contribution < 1.29 is 20.5 Å². The van der Waals surface area contributed by atoms with E-state index in [-0.39, 0.29) is 19.7 Å². The zero-order valence-electron chi connectivity index (χ0n) is 21.6. The van der Waals surface area contributed by atoms with Gasteiger partial charge in [-0.05, 0) is 35.7 Å². The largest absolute Gasteiger partial charge is 0.489 e. The number of amides is 3. The second-order valence-corrected chi connectivity index (χ2v) is 10.1. The van der Waals surface area contributed by atoms with Crippen LogP contribution >= 0.6 is 0 Å². The Hall–Kier alpha value is -4.31. The highest BCUT2D eigenvalue weighted by Gasteiger charge is 2.40. The van der Waals surface area contributed by atoms with Crippen molar-refractivity contribution in [1.29, 1.82) is 0 Å². The van der Waals surface area contributed by atoms with E-state index in [9.17, 15) is 14.4 Å². The van der Waals surface area contributed by atoms with Gasteiger partial charge in [-0.25, -0.2) is 9.97 Å². The molecule has 1 aromatic heterocycles. The molecule has 3 aliphatic heterocycles. The molecule has 6 rings (SSSR count). The van der Waals surface area contributed by atoms with Crippen molar-refractivity contribution in [2.45, 2.75) is 38.6 Å². The lowest BCUT2D eigenvalue weighted by Crippen LogP contribution is -2.52. The number of ether oxygens (including phenoxy) is 1. The Morgan fingerprint density at radius 2 is 1.67 bits per heavy atom. The summed E-state index contributed by atoms with van der Waals surface area (Å²) in [6.07, 6.45) is 4.13. The Morgan fingerprint density at radius 3 is 2.41 bits per heavy atom. The molecule has 2 fully saturated rings. The summed E-state index contributed by atoms with van der Waals surface area (Å²) < 4.78 is 6.15. The van der Waals surface area contributed by atoms with Crippen molar-refractivity contribution in [1.82, 2.24) is 25.1 Å². The van der Waals surface area contributed by atoms with Gasteiger partial charge in [-0.2, -0.15) is 0 Å². The van der Waals surface area contributed by atoms with Gasteiger partial charge < -0.3 is 14.5 Å². The summed E-state index contributed by atoms with van der Waals surface area (Å²) in [7, 11) is 0. The number of piperidine rings is 1. The molecule has 1 unspecified atom stereocenters. The zero-order chi connectivity index (χ0) is 26.8. The molecule has 0 saturated carbocycles. The molecule has 1 atom stereocenters. The number of imide groups is 1. The average molecular weight is 529 g/mol. The fraction of sp³-hybridized carbons (Fsp3) is 0.345. The van der Waals surface area contributed by atoms with Crippen LogP contribution in [0.15, 0.2) is 60.9 Å². The van der Waals surface area contributed by atoms with Gasteiger partial charge in [-0.1, -0.05) is 30.3 Å². The minimum atomic E-state index is -0.641. The van der Waals surface area contributed by atoms with Gasteiger partial charge in [0.1, 0.15) is 18.4 Å². The van der Waals surface area contributed by atoms with E-state index in [4.69, 9.17) is 4.74 Å². The first-order chi connectivity index (χ1) is 19.0. The second-order valence-electron chi connectivity index (χ2n) is 10.1. The summed E-state index contributed by atoms with van der Waals surface area (Å²) >= 11 is 0. The van der Waals surface area contributed by atoms with Crippen LogP contribution in [0.4, 0.5) is 5.95 Å². The predicted octanol–water partition coefficient (Wildman–Crippen LogP) is 2.38. The normalized spacial score (nSPS) is 19.7. The maximum absolute atomic E-state index is 13.0. The number of fused-ring (bicyclic) bond motifs is 1. The number of nitrogens with zero attached hydrogens (tertiary/aromatic N) is 5. The Morgan fingerprint density at radius 1 is 0.923 bits per heavy atom. The molecule has 3 aromatic rings. The lowest BCUT2D eigenvalue weighted by atomic mass is 10.0. The number of hydrogen-bond donors (Lipinski definition) is 1. The third-order valence-electron chi connectivity index (χ3n) is 7.57. The molecular weight excluding hydrogens is 496 g/mol. The van der Waals surface area contributed by atoms with Crippen LogP contribution in [0.1, 0.15) is 41.3 Å². The summed E-state index contributed by atoms with van der Waals surface area (Å²) in [5, 5.41) is 2.34. The average Bonchev–Trinajstić information content (AvgIpc) is 3.30. The number of rotatable bonds is 7. The van der Waals surface area contributed by atoms with Gasteiger partial charge in [0.05, 0.1) is 6.54 Å². The maximum atomic E-state index is 13.0. The number of hydrogen-bond acceptors (Lipinski definition) is 8. The lowest BCUT2D eigenvalue weighted by Gasteiger charge is -2.34. The molecule has 0 radical (unpaired) electrons. The molecule has 10 heteroatoms. The number of benzene rings is 2. The topological polar surface area (TPSA) is 108 Å². The van der Waals surface area contributed by atoms with Crippen LogP contribution in [0, 0.1) is 0 Å². The molecule has 3 aliphatic rings. The van der Waals surface area contributed by atoms with Crippen LogP contribution in [-0.2, 0) is 29.3 Å². The molecule has 4 heterocycles. The van der Waals surface area contributed by atoms with Crippen LogP contribution in [0.25, 0.3) is 0 Å². The molecule has 0 bridgehead atoms. The van der Waals surface area contributed by atoms with E-state index in [1.54, 1.807) is 29.4 Å². The highest BCUT2D eigenvalue weighted by atomic mass is 16.5. The molecule has 0 aliphatic carbocycles. The third-order valence-corrected chi connectivity index (χ3v) is 7.57. The van der Waals surface area contributed by atoms with Crippen molar-refractivity contribution in [2.24, 2.45) is 0 Å². The molecule has 39 heavy (non-hydrogen) atoms. The summed E-state index contributed by atoms with van der Waals surface area (Å²) in [5.74, 6) is 0.517. The maximum Gasteiger partial charge on any atom is 0.255 e. The second kappa shape index (κ2) is 10.8. The standard InChI is InChI=1S/C29H30N6O4.H2/c36-26-10-9-24(27(37)32-26)35-18-23-22(28(35)38)3-1-4-25(23)39-19-21-7-5-20(6-8-21)17-33-13-15-34(16-14-33)29-30-11-2-12-31-29;/h1-8,11-12,24H,9-10,13-19H2,(H,32,36,37);1H. The molecule has 2 aromatic carbocycles. The smallest absolute Gasteiger partial charge is 0.255 e. The first kappa shape index (κ1) is 25.0. The molecule has 202 valence electrons. The molecular formula is C29H32N6O4. The van der Waals surface area contributed by atoms with Gasteiger partial charge in [0.2, 0.25) is 17.8 Å². The van der Waals surface area contributed by atoms with E-state index in [0.717, 1.165) is 49.8 Å². The summed E-state index contributed by atoms with van der Waals surface area (Å²) in [6, 6.07) is 15.0. The van der Waals surface area contributed by atoms with Crippen LogP contribution in [0.3, 0.4) is 0 Å². The number of piperazine rings is 1. The van der Waals surface area contributed by atoms with Gasteiger partial charge in [0.25, 0.3) is 5.91 Å². The fourth-order valence-corrected chi connectivity index (χ4v) is 5.41. The number of nitrogens with one attached hydrogen (secondary N) is 1. The highest BCUT2D eigenvalue weighted by molar-refractivity contribution is 6.05. The molecule has 3 amide bonds. The van der Waals surface area contributed by atoms with E-state index in [2.05, 4.69) is 49.4 Å². The number of anilines is 1. The van der Waals surface area contributed by atoms with E-state index in [0.29, 0.717) is 30.9 Å². The minimum absolute atomic E-state index is 0. The SMILES string of the molecule is O=C1CCC(N2Cc3c(OCc4ccc(CN5CCN(c6ncccn6)CC5)cc4)cccc3C2=O)C(=O)N1.[HH]. The zero-order valence-corrected chi connectivity index (χ0v) is 21.6. The Bertz CT molecular complexity index is 1380. The number of carbonyl (C=O) groups excluding carboxylic acids is 3. The number of aromatic nitrogens is 2. The van der Waals surface area contributed by atoms with Gasteiger partial charge in [-0.15, -0.1) is 0 Å². The summed E-state index contributed by atoms with van der Waals surface area (Å²) in [5.41, 5.74) is 3.61. The Balaban J connectivity index is 0.00000323. The monoisotopic (exact) mass is 528 g/mol.